The molecule has 0 aromatic rings. The highest BCUT2D eigenvalue weighted by molar-refractivity contribution is 5.33. The lowest BCUT2D eigenvalue weighted by Gasteiger charge is -2.61. The van der Waals surface area contributed by atoms with E-state index in [0.717, 1.165) is 32.1 Å². The number of aliphatic hydroxyl groups excluding tert-OH is 1. The van der Waals surface area contributed by atoms with Crippen molar-refractivity contribution in [3.05, 3.63) is 23.8 Å². The molecule has 0 aromatic heterocycles. The van der Waals surface area contributed by atoms with Gasteiger partial charge >= 0.3 is 0 Å². The van der Waals surface area contributed by atoms with Crippen molar-refractivity contribution in [1.29, 1.82) is 0 Å². The van der Waals surface area contributed by atoms with Crippen molar-refractivity contribution < 1.29 is 24.1 Å². The third kappa shape index (κ3) is 1.91. The molecular weight excluding hydrogens is 356 g/mol. The summed E-state index contributed by atoms with van der Waals surface area (Å²) in [6.07, 6.45) is 12.9. The van der Waals surface area contributed by atoms with Gasteiger partial charge < -0.3 is 24.1 Å². The Kier molecular flexibility index (Phi) is 3.68. The summed E-state index contributed by atoms with van der Waals surface area (Å²) in [5, 5.41) is 11.6. The van der Waals surface area contributed by atoms with Crippen molar-refractivity contribution in [3.8, 4) is 0 Å². The van der Waals surface area contributed by atoms with Crippen LogP contribution in [-0.4, -0.2) is 42.8 Å². The van der Waals surface area contributed by atoms with Crippen LogP contribution in [-0.2, 0) is 18.9 Å². The van der Waals surface area contributed by atoms with E-state index in [1.807, 2.05) is 0 Å². The molecule has 2 saturated heterocycles. The van der Waals surface area contributed by atoms with Gasteiger partial charge in [-0.15, -0.1) is 0 Å². The number of rotatable bonds is 0. The minimum atomic E-state index is -0.808. The van der Waals surface area contributed by atoms with Gasteiger partial charge in [0, 0.05) is 16.7 Å². The van der Waals surface area contributed by atoms with Gasteiger partial charge in [0.25, 0.3) is 0 Å². The van der Waals surface area contributed by atoms with Crippen molar-refractivity contribution in [3.63, 3.8) is 0 Å². The fraction of sp³-hybridized carbons (Fsp3) is 0.826. The number of fused-ring (bicyclic) bond motifs is 7. The monoisotopic (exact) mass is 388 g/mol. The molecule has 2 heterocycles. The molecule has 5 nitrogen and oxygen atoms in total. The summed E-state index contributed by atoms with van der Waals surface area (Å²) < 4.78 is 24.1. The number of hydrogen-bond acceptors (Lipinski definition) is 5. The molecule has 0 amide bonds. The van der Waals surface area contributed by atoms with Crippen LogP contribution in [0, 0.1) is 28.6 Å². The highest BCUT2D eigenvalue weighted by Crippen LogP contribution is 2.71. The summed E-state index contributed by atoms with van der Waals surface area (Å²) in [6, 6.07) is 0. The third-order valence-electron chi connectivity index (χ3n) is 9.55. The zero-order valence-electron chi connectivity index (χ0n) is 17.0. The summed E-state index contributed by atoms with van der Waals surface area (Å²) in [4.78, 5) is 0. The van der Waals surface area contributed by atoms with E-state index in [1.54, 1.807) is 0 Å². The predicted molar refractivity (Wildman–Crippen MR) is 102 cm³/mol. The van der Waals surface area contributed by atoms with E-state index >= 15 is 0 Å². The third-order valence-corrected chi connectivity index (χ3v) is 9.55. The normalized spacial score (nSPS) is 57.3. The van der Waals surface area contributed by atoms with E-state index in [-0.39, 0.29) is 36.4 Å². The molecule has 1 unspecified atom stereocenters. The fourth-order valence-corrected chi connectivity index (χ4v) is 8.44. The lowest BCUT2D eigenvalue weighted by Crippen LogP contribution is -2.66. The lowest BCUT2D eigenvalue weighted by molar-refractivity contribution is -0.256. The van der Waals surface area contributed by atoms with E-state index in [0.29, 0.717) is 18.4 Å². The van der Waals surface area contributed by atoms with E-state index in [4.69, 9.17) is 18.9 Å². The highest BCUT2D eigenvalue weighted by atomic mass is 16.9. The maximum atomic E-state index is 11.6. The second kappa shape index (κ2) is 5.70. The average molecular weight is 389 g/mol. The molecule has 28 heavy (non-hydrogen) atoms. The van der Waals surface area contributed by atoms with Gasteiger partial charge in [-0.25, -0.2) is 0 Å². The Labute approximate surface area is 167 Å². The van der Waals surface area contributed by atoms with Crippen molar-refractivity contribution in [2.45, 2.75) is 69.9 Å². The maximum Gasteiger partial charge on any atom is 0.226 e. The SMILES string of the molecule is C[C@]12C=CCC=C1CC[C@@H]1[C@@H]2[C@@H](O)C[C@@]2(C)[C@H]1CC[C@@]21OCOC12COCO2. The van der Waals surface area contributed by atoms with Crippen LogP contribution in [0.3, 0.4) is 0 Å². The van der Waals surface area contributed by atoms with Crippen LogP contribution >= 0.6 is 0 Å². The van der Waals surface area contributed by atoms with Gasteiger partial charge in [-0.1, -0.05) is 37.6 Å². The van der Waals surface area contributed by atoms with Gasteiger partial charge in [0.05, 0.1) is 6.10 Å². The molecule has 6 rings (SSSR count). The summed E-state index contributed by atoms with van der Waals surface area (Å²) in [6.45, 7) is 5.62. The van der Waals surface area contributed by atoms with E-state index in [1.165, 1.54) is 12.0 Å². The van der Waals surface area contributed by atoms with E-state index < -0.39 is 11.4 Å². The van der Waals surface area contributed by atoms with E-state index in [2.05, 4.69) is 32.1 Å². The quantitative estimate of drug-likeness (QED) is 0.644. The van der Waals surface area contributed by atoms with Gasteiger partial charge in [0.2, 0.25) is 5.79 Å². The predicted octanol–water partition coefficient (Wildman–Crippen LogP) is 3.53. The van der Waals surface area contributed by atoms with E-state index in [9.17, 15) is 5.11 Å². The first-order valence-corrected chi connectivity index (χ1v) is 11.0. The summed E-state index contributed by atoms with van der Waals surface area (Å²) in [5.41, 5.74) is 0.839. The topological polar surface area (TPSA) is 57.2 Å². The maximum absolute atomic E-state index is 11.6. The van der Waals surface area contributed by atoms with Gasteiger partial charge in [-0.2, -0.15) is 0 Å². The molecule has 154 valence electrons. The Bertz CT molecular complexity index is 734. The molecular formula is C23H32O5. The largest absolute Gasteiger partial charge is 0.393 e. The minimum Gasteiger partial charge on any atom is -0.393 e. The molecule has 5 fully saturated rings. The molecule has 0 radical (unpaired) electrons. The fourth-order valence-electron chi connectivity index (χ4n) is 8.44. The summed E-state index contributed by atoms with van der Waals surface area (Å²) in [5.74, 6) is 0.493. The molecule has 4 aliphatic carbocycles. The van der Waals surface area contributed by atoms with Gasteiger partial charge in [-0.05, 0) is 50.4 Å². The molecule has 0 aromatic carbocycles. The Morgan fingerprint density at radius 1 is 1.11 bits per heavy atom. The average Bonchev–Trinajstić information content (AvgIpc) is 3.36. The molecule has 6 aliphatic rings. The molecule has 2 aliphatic heterocycles. The van der Waals surface area contributed by atoms with Crippen molar-refractivity contribution >= 4 is 0 Å². The number of ether oxygens (including phenoxy) is 4. The lowest BCUT2D eigenvalue weighted by atomic mass is 9.46. The standard InChI is InChI=1S/C23H32O5/c1-20-9-4-3-5-15(20)6-7-16-17-8-10-22(21(17,2)11-18(24)19(16)20)23(28-14-26-22)12-25-13-27-23/h4-5,9,16-19,24H,3,6-8,10-14H2,1-2H3/t16-,17-,18-,19+,20-,21-,22+,23?/m0/s1. The van der Waals surface area contributed by atoms with Crippen molar-refractivity contribution in [2.24, 2.45) is 28.6 Å². The highest BCUT2D eigenvalue weighted by Gasteiger charge is 2.76. The summed E-state index contributed by atoms with van der Waals surface area (Å²) in [7, 11) is 0. The van der Waals surface area contributed by atoms with Crippen LogP contribution in [0.25, 0.3) is 0 Å². The zero-order valence-corrected chi connectivity index (χ0v) is 17.0. The molecule has 0 bridgehead atoms. The zero-order chi connectivity index (χ0) is 19.2. The molecule has 8 atom stereocenters. The molecule has 3 saturated carbocycles. The Balaban J connectivity index is 1.42. The van der Waals surface area contributed by atoms with Gasteiger partial charge in [0.15, 0.2) is 13.6 Å². The van der Waals surface area contributed by atoms with Crippen LogP contribution in [0.1, 0.15) is 52.4 Å². The van der Waals surface area contributed by atoms with Crippen LogP contribution in [0.4, 0.5) is 0 Å². The smallest absolute Gasteiger partial charge is 0.226 e. The van der Waals surface area contributed by atoms with Crippen molar-refractivity contribution in [2.75, 3.05) is 20.2 Å². The van der Waals surface area contributed by atoms with Gasteiger partial charge in [-0.3, -0.25) is 0 Å². The van der Waals surface area contributed by atoms with Crippen molar-refractivity contribution in [1.82, 2.24) is 0 Å². The minimum absolute atomic E-state index is 0.00461. The van der Waals surface area contributed by atoms with Crippen LogP contribution in [0.15, 0.2) is 23.8 Å². The second-order valence-electron chi connectivity index (χ2n) is 10.3. The molecule has 2 spiro atoms. The van der Waals surface area contributed by atoms with Crippen LogP contribution < -0.4 is 0 Å². The Morgan fingerprint density at radius 2 is 1.96 bits per heavy atom. The summed E-state index contributed by atoms with van der Waals surface area (Å²) >= 11 is 0. The first kappa shape index (κ1) is 18.1. The molecule has 1 N–H and O–H groups in total. The first-order valence-electron chi connectivity index (χ1n) is 11.0. The first-order chi connectivity index (χ1) is 13.5. The molecule has 5 heteroatoms. The number of allylic oxidation sites excluding steroid dienone is 4. The Hall–Kier alpha value is -0.720. The second-order valence-corrected chi connectivity index (χ2v) is 10.3. The van der Waals surface area contributed by atoms with Crippen LogP contribution in [0.5, 0.6) is 0 Å². The van der Waals surface area contributed by atoms with Crippen LogP contribution in [0.2, 0.25) is 0 Å². The number of aliphatic hydroxyl groups is 1. The number of hydrogen-bond donors (Lipinski definition) is 1. The Morgan fingerprint density at radius 3 is 2.79 bits per heavy atom. The van der Waals surface area contributed by atoms with Gasteiger partial charge in [0.1, 0.15) is 12.2 Å².